The van der Waals surface area contributed by atoms with Crippen molar-refractivity contribution >= 4 is 5.91 Å². The van der Waals surface area contributed by atoms with Crippen LogP contribution in [-0.4, -0.2) is 63.1 Å². The molecule has 2 aliphatic rings. The van der Waals surface area contributed by atoms with Crippen LogP contribution in [0.25, 0.3) is 0 Å². The number of hydrogen-bond donors (Lipinski definition) is 1. The summed E-state index contributed by atoms with van der Waals surface area (Å²) < 4.78 is 16.8. The first-order valence-corrected chi connectivity index (χ1v) is 9.12. The van der Waals surface area contributed by atoms with Gasteiger partial charge >= 0.3 is 0 Å². The van der Waals surface area contributed by atoms with E-state index in [-0.39, 0.29) is 12.2 Å². The quantitative estimate of drug-likeness (QED) is 0.758. The molecular weight excluding hydrogens is 320 g/mol. The Morgan fingerprint density at radius 3 is 2.76 bits per heavy atom. The van der Waals surface area contributed by atoms with E-state index in [9.17, 15) is 4.79 Å². The fourth-order valence-electron chi connectivity index (χ4n) is 3.36. The molecule has 0 saturated carbocycles. The van der Waals surface area contributed by atoms with Gasteiger partial charge in [0, 0.05) is 5.92 Å². The Hall–Kier alpha value is -1.63. The zero-order chi connectivity index (χ0) is 17.5. The van der Waals surface area contributed by atoms with E-state index in [1.807, 2.05) is 31.2 Å². The molecule has 0 aromatic heterocycles. The fraction of sp³-hybridized carbons (Fsp3) is 0.632. The van der Waals surface area contributed by atoms with Crippen LogP contribution in [0.5, 0.6) is 5.75 Å². The summed E-state index contributed by atoms with van der Waals surface area (Å²) in [6.07, 6.45) is 2.01. The summed E-state index contributed by atoms with van der Waals surface area (Å²) in [4.78, 5) is 14.3. The highest BCUT2D eigenvalue weighted by Crippen LogP contribution is 2.25. The maximum atomic E-state index is 12.1. The van der Waals surface area contributed by atoms with Crippen LogP contribution in [0, 0.1) is 12.8 Å². The van der Waals surface area contributed by atoms with Crippen LogP contribution >= 0.6 is 0 Å². The minimum Gasteiger partial charge on any atom is -0.492 e. The van der Waals surface area contributed by atoms with Crippen LogP contribution in [0.2, 0.25) is 0 Å². The van der Waals surface area contributed by atoms with E-state index in [4.69, 9.17) is 14.2 Å². The minimum absolute atomic E-state index is 0.0326. The third kappa shape index (κ3) is 5.70. The van der Waals surface area contributed by atoms with Gasteiger partial charge in [-0.3, -0.25) is 9.69 Å². The second-order valence-corrected chi connectivity index (χ2v) is 6.74. The van der Waals surface area contributed by atoms with Gasteiger partial charge in [0.05, 0.1) is 26.3 Å². The number of nitrogens with zero attached hydrogens (tertiary/aromatic N) is 1. The first-order chi connectivity index (χ1) is 12.2. The number of nitrogens with one attached hydrogen (secondary N) is 1. The van der Waals surface area contributed by atoms with Gasteiger partial charge in [-0.1, -0.05) is 12.1 Å². The molecule has 0 atom stereocenters. The average Bonchev–Trinajstić information content (AvgIpc) is 3.14. The molecule has 0 unspecified atom stereocenters. The minimum atomic E-state index is -0.0326. The molecule has 1 aromatic carbocycles. The molecule has 0 aliphatic carbocycles. The number of benzene rings is 1. The highest BCUT2D eigenvalue weighted by molar-refractivity contribution is 5.78. The Morgan fingerprint density at radius 2 is 2.04 bits per heavy atom. The first kappa shape index (κ1) is 18.2. The molecule has 1 aromatic rings. The van der Waals surface area contributed by atoms with Crippen LogP contribution in [-0.2, 0) is 14.3 Å². The number of likely N-dealkylation sites (tertiary alicyclic amines) is 1. The molecule has 0 bridgehead atoms. The van der Waals surface area contributed by atoms with Gasteiger partial charge in [-0.25, -0.2) is 0 Å². The second-order valence-electron chi connectivity index (χ2n) is 6.74. The second kappa shape index (κ2) is 9.17. The third-order valence-corrected chi connectivity index (χ3v) is 4.71. The average molecular weight is 348 g/mol. The summed E-state index contributed by atoms with van der Waals surface area (Å²) in [5, 5.41) is 2.93. The Bertz CT molecular complexity index is 552. The van der Waals surface area contributed by atoms with Gasteiger partial charge in [0.25, 0.3) is 0 Å². The van der Waals surface area contributed by atoms with Crippen molar-refractivity contribution in [2.75, 3.05) is 46.0 Å². The van der Waals surface area contributed by atoms with Crippen LogP contribution < -0.4 is 10.1 Å². The van der Waals surface area contributed by atoms with Crippen molar-refractivity contribution in [3.63, 3.8) is 0 Å². The lowest BCUT2D eigenvalue weighted by molar-refractivity contribution is -0.124. The van der Waals surface area contributed by atoms with E-state index in [1.165, 1.54) is 5.56 Å². The van der Waals surface area contributed by atoms with Gasteiger partial charge in [-0.15, -0.1) is 0 Å². The molecule has 6 nitrogen and oxygen atoms in total. The van der Waals surface area contributed by atoms with E-state index in [0.29, 0.717) is 38.8 Å². The van der Waals surface area contributed by atoms with Crippen molar-refractivity contribution in [1.82, 2.24) is 10.2 Å². The van der Waals surface area contributed by atoms with E-state index in [2.05, 4.69) is 10.2 Å². The van der Waals surface area contributed by atoms with Crippen molar-refractivity contribution in [1.29, 1.82) is 0 Å². The predicted molar refractivity (Wildman–Crippen MR) is 94.5 cm³/mol. The molecular formula is C19H28N2O4. The summed E-state index contributed by atoms with van der Waals surface area (Å²) in [5.74, 6) is 1.36. The van der Waals surface area contributed by atoms with Crippen molar-refractivity contribution in [2.45, 2.75) is 26.1 Å². The maximum absolute atomic E-state index is 12.1. The van der Waals surface area contributed by atoms with E-state index in [0.717, 1.165) is 31.7 Å². The Kier molecular flexibility index (Phi) is 6.67. The summed E-state index contributed by atoms with van der Waals surface area (Å²) >= 11 is 0. The molecule has 0 radical (unpaired) electrons. The third-order valence-electron chi connectivity index (χ3n) is 4.71. The van der Waals surface area contributed by atoms with Crippen LogP contribution in [0.1, 0.15) is 18.4 Å². The number of hydrogen-bond acceptors (Lipinski definition) is 5. The number of amides is 1. The highest BCUT2D eigenvalue weighted by Gasteiger charge is 2.30. The van der Waals surface area contributed by atoms with E-state index >= 15 is 0 Å². The molecule has 2 saturated heterocycles. The summed E-state index contributed by atoms with van der Waals surface area (Å²) in [6, 6.07) is 7.91. The van der Waals surface area contributed by atoms with E-state index in [1.54, 1.807) is 0 Å². The van der Waals surface area contributed by atoms with Crippen molar-refractivity contribution in [3.05, 3.63) is 29.8 Å². The maximum Gasteiger partial charge on any atom is 0.234 e. The standard InChI is InChI=1S/C19H28N2O4/c1-15-3-2-4-17(13-15)23-10-7-20-18(22)14-21-8-5-16(6-9-21)19-24-11-12-25-19/h2-4,13,16,19H,5-12,14H2,1H3,(H,20,22). The number of aryl methyl sites for hydroxylation is 1. The predicted octanol–water partition coefficient (Wildman–Crippen LogP) is 1.57. The van der Waals surface area contributed by atoms with E-state index < -0.39 is 0 Å². The van der Waals surface area contributed by atoms with Crippen LogP contribution in [0.15, 0.2) is 24.3 Å². The SMILES string of the molecule is Cc1cccc(OCCNC(=O)CN2CCC(C3OCCO3)CC2)c1. The topological polar surface area (TPSA) is 60.0 Å². The van der Waals surface area contributed by atoms with Gasteiger partial charge < -0.3 is 19.5 Å². The Balaban J connectivity index is 1.28. The lowest BCUT2D eigenvalue weighted by Crippen LogP contribution is -2.44. The lowest BCUT2D eigenvalue weighted by atomic mass is 9.96. The molecule has 1 N–H and O–H groups in total. The Morgan fingerprint density at radius 1 is 1.28 bits per heavy atom. The van der Waals surface area contributed by atoms with Gasteiger partial charge in [0.1, 0.15) is 12.4 Å². The summed E-state index contributed by atoms with van der Waals surface area (Å²) in [6.45, 7) is 6.73. The summed E-state index contributed by atoms with van der Waals surface area (Å²) in [5.41, 5.74) is 1.17. The summed E-state index contributed by atoms with van der Waals surface area (Å²) in [7, 11) is 0. The zero-order valence-corrected chi connectivity index (χ0v) is 14.9. The molecule has 138 valence electrons. The number of carbonyl (C=O) groups excluding carboxylic acids is 1. The number of rotatable bonds is 7. The molecule has 25 heavy (non-hydrogen) atoms. The smallest absolute Gasteiger partial charge is 0.234 e. The highest BCUT2D eigenvalue weighted by atomic mass is 16.7. The van der Waals surface area contributed by atoms with Gasteiger partial charge in [0.2, 0.25) is 5.91 Å². The molecule has 3 rings (SSSR count). The number of piperidine rings is 1. The molecule has 2 aliphatic heterocycles. The van der Waals surface area contributed by atoms with Crippen molar-refractivity contribution in [3.8, 4) is 5.75 Å². The molecule has 6 heteroatoms. The van der Waals surface area contributed by atoms with Crippen LogP contribution in [0.3, 0.4) is 0 Å². The number of carbonyl (C=O) groups is 1. The Labute approximate surface area is 149 Å². The van der Waals surface area contributed by atoms with Gasteiger partial charge in [-0.05, 0) is 50.6 Å². The first-order valence-electron chi connectivity index (χ1n) is 9.12. The molecule has 1 amide bonds. The number of ether oxygens (including phenoxy) is 3. The van der Waals surface area contributed by atoms with Crippen molar-refractivity contribution in [2.24, 2.45) is 5.92 Å². The fourth-order valence-corrected chi connectivity index (χ4v) is 3.36. The normalized spacial score (nSPS) is 19.9. The monoisotopic (exact) mass is 348 g/mol. The largest absolute Gasteiger partial charge is 0.492 e. The van der Waals surface area contributed by atoms with Crippen LogP contribution in [0.4, 0.5) is 0 Å². The lowest BCUT2D eigenvalue weighted by Gasteiger charge is -2.33. The zero-order valence-electron chi connectivity index (χ0n) is 14.9. The van der Waals surface area contributed by atoms with Gasteiger partial charge in [0.15, 0.2) is 6.29 Å². The van der Waals surface area contributed by atoms with Gasteiger partial charge in [-0.2, -0.15) is 0 Å². The molecule has 0 spiro atoms. The molecule has 2 fully saturated rings. The van der Waals surface area contributed by atoms with Crippen molar-refractivity contribution < 1.29 is 19.0 Å². The molecule has 2 heterocycles.